The number of carbonyl (C=O) groups excluding carboxylic acids is 2. The van der Waals surface area contributed by atoms with Crippen molar-refractivity contribution in [1.82, 2.24) is 10.2 Å². The fraction of sp³-hybridized carbons (Fsp3) is 0.440. The second kappa shape index (κ2) is 11.3. The van der Waals surface area contributed by atoms with Gasteiger partial charge in [-0.2, -0.15) is 0 Å². The molecule has 0 heterocycles. The highest BCUT2D eigenvalue weighted by atomic mass is 35.5. The summed E-state index contributed by atoms with van der Waals surface area (Å²) in [6.07, 6.45) is 5.71. The summed E-state index contributed by atoms with van der Waals surface area (Å²) < 4.78 is 14.2. The van der Waals surface area contributed by atoms with Gasteiger partial charge in [0.25, 0.3) is 0 Å². The van der Waals surface area contributed by atoms with E-state index in [0.29, 0.717) is 17.0 Å². The third-order valence-corrected chi connectivity index (χ3v) is 6.30. The first kappa shape index (κ1) is 23.3. The lowest BCUT2D eigenvalue weighted by Gasteiger charge is -2.33. The molecule has 1 atom stereocenters. The summed E-state index contributed by atoms with van der Waals surface area (Å²) in [6, 6.07) is 13.0. The molecule has 0 bridgehead atoms. The zero-order valence-electron chi connectivity index (χ0n) is 17.9. The van der Waals surface area contributed by atoms with E-state index in [0.717, 1.165) is 31.2 Å². The molecular weight excluding hydrogens is 415 g/mol. The summed E-state index contributed by atoms with van der Waals surface area (Å²) in [5.74, 6) is -0.868. The number of rotatable bonds is 8. The van der Waals surface area contributed by atoms with E-state index in [4.69, 9.17) is 11.6 Å². The average Bonchev–Trinajstić information content (AvgIpc) is 2.77. The molecule has 4 nitrogen and oxygen atoms in total. The minimum Gasteiger partial charge on any atom is -0.352 e. The molecule has 0 saturated heterocycles. The fourth-order valence-corrected chi connectivity index (χ4v) is 4.38. The van der Waals surface area contributed by atoms with Gasteiger partial charge >= 0.3 is 0 Å². The second-order valence-corrected chi connectivity index (χ2v) is 8.56. The van der Waals surface area contributed by atoms with Gasteiger partial charge in [-0.1, -0.05) is 74.2 Å². The van der Waals surface area contributed by atoms with E-state index in [1.165, 1.54) is 12.5 Å². The second-order valence-electron chi connectivity index (χ2n) is 8.15. The molecule has 0 radical (unpaired) electrons. The summed E-state index contributed by atoms with van der Waals surface area (Å²) >= 11 is 6.34. The molecule has 0 aromatic heterocycles. The van der Waals surface area contributed by atoms with Gasteiger partial charge in [0, 0.05) is 17.6 Å². The smallest absolute Gasteiger partial charge is 0.243 e. The normalized spacial score (nSPS) is 15.3. The molecule has 166 valence electrons. The molecule has 1 N–H and O–H groups in total. The number of benzene rings is 2. The van der Waals surface area contributed by atoms with Gasteiger partial charge in [0.2, 0.25) is 11.8 Å². The highest BCUT2D eigenvalue weighted by Gasteiger charge is 2.31. The van der Waals surface area contributed by atoms with Crippen LogP contribution in [0.2, 0.25) is 5.02 Å². The lowest BCUT2D eigenvalue weighted by Crippen LogP contribution is -2.52. The van der Waals surface area contributed by atoms with Gasteiger partial charge in [-0.15, -0.1) is 0 Å². The van der Waals surface area contributed by atoms with E-state index in [1.807, 2.05) is 25.1 Å². The van der Waals surface area contributed by atoms with Crippen molar-refractivity contribution in [3.8, 4) is 0 Å². The van der Waals surface area contributed by atoms with E-state index in [2.05, 4.69) is 5.32 Å². The van der Waals surface area contributed by atoms with Crippen LogP contribution in [0.25, 0.3) is 0 Å². The number of amides is 2. The molecule has 2 aromatic carbocycles. The van der Waals surface area contributed by atoms with Crippen molar-refractivity contribution in [2.45, 2.75) is 70.5 Å². The van der Waals surface area contributed by atoms with Crippen LogP contribution in [0.4, 0.5) is 4.39 Å². The first-order valence-electron chi connectivity index (χ1n) is 11.1. The van der Waals surface area contributed by atoms with Gasteiger partial charge in [-0.3, -0.25) is 9.59 Å². The van der Waals surface area contributed by atoms with Crippen molar-refractivity contribution in [3.05, 3.63) is 70.5 Å². The van der Waals surface area contributed by atoms with Gasteiger partial charge in [0.05, 0.1) is 6.42 Å². The van der Waals surface area contributed by atoms with Gasteiger partial charge in [-0.25, -0.2) is 4.39 Å². The van der Waals surface area contributed by atoms with Crippen LogP contribution in [0.15, 0.2) is 48.5 Å². The Morgan fingerprint density at radius 2 is 1.71 bits per heavy atom. The van der Waals surface area contributed by atoms with Crippen LogP contribution in [-0.4, -0.2) is 28.8 Å². The van der Waals surface area contributed by atoms with Crippen molar-refractivity contribution in [3.63, 3.8) is 0 Å². The standard InChI is InChI=1S/C25H30ClFN2O2/c1-2-23(25(31)28-20-12-4-3-5-13-20)29(17-19-11-6-8-14-21(19)26)24(30)16-18-10-7-9-15-22(18)27/h6-11,14-15,20,23H,2-5,12-13,16-17H2,1H3,(H,28,31)/t23-/m1/s1. The van der Waals surface area contributed by atoms with Crippen LogP contribution in [-0.2, 0) is 22.6 Å². The topological polar surface area (TPSA) is 49.4 Å². The summed E-state index contributed by atoms with van der Waals surface area (Å²) in [5, 5.41) is 3.68. The number of nitrogens with one attached hydrogen (secondary N) is 1. The van der Waals surface area contributed by atoms with Gasteiger partial charge in [0.15, 0.2) is 0 Å². The predicted octanol–water partition coefficient (Wildman–Crippen LogP) is 5.28. The van der Waals surface area contributed by atoms with Gasteiger partial charge in [-0.05, 0) is 42.5 Å². The number of halogens is 2. The minimum absolute atomic E-state index is 0.107. The first-order chi connectivity index (χ1) is 15.0. The molecule has 2 amide bonds. The molecule has 0 unspecified atom stereocenters. The van der Waals surface area contributed by atoms with Crippen molar-refractivity contribution in [2.24, 2.45) is 0 Å². The molecule has 3 rings (SSSR count). The predicted molar refractivity (Wildman–Crippen MR) is 121 cm³/mol. The van der Waals surface area contributed by atoms with Gasteiger partial charge < -0.3 is 10.2 Å². The van der Waals surface area contributed by atoms with E-state index >= 15 is 0 Å². The minimum atomic E-state index is -0.641. The van der Waals surface area contributed by atoms with Crippen LogP contribution >= 0.6 is 11.6 Å². The molecule has 1 aliphatic carbocycles. The fourth-order valence-electron chi connectivity index (χ4n) is 4.18. The average molecular weight is 445 g/mol. The van der Waals surface area contributed by atoms with Crippen LogP contribution < -0.4 is 5.32 Å². The summed E-state index contributed by atoms with van der Waals surface area (Å²) in [6.45, 7) is 2.09. The summed E-state index contributed by atoms with van der Waals surface area (Å²) in [5.41, 5.74) is 1.08. The molecule has 1 aliphatic rings. The molecule has 6 heteroatoms. The zero-order chi connectivity index (χ0) is 22.2. The summed E-state index contributed by atoms with van der Waals surface area (Å²) in [7, 11) is 0. The lowest BCUT2D eigenvalue weighted by molar-refractivity contribution is -0.141. The third kappa shape index (κ3) is 6.30. The molecule has 0 spiro atoms. The van der Waals surface area contributed by atoms with Gasteiger partial charge in [0.1, 0.15) is 11.9 Å². The summed E-state index contributed by atoms with van der Waals surface area (Å²) in [4.78, 5) is 28.0. The molecule has 31 heavy (non-hydrogen) atoms. The quantitative estimate of drug-likeness (QED) is 0.602. The number of hydrogen-bond acceptors (Lipinski definition) is 2. The van der Waals surface area contributed by atoms with Crippen molar-refractivity contribution < 1.29 is 14.0 Å². The van der Waals surface area contributed by atoms with E-state index in [9.17, 15) is 14.0 Å². The maximum Gasteiger partial charge on any atom is 0.243 e. The van der Waals surface area contributed by atoms with Crippen LogP contribution in [0.1, 0.15) is 56.6 Å². The lowest BCUT2D eigenvalue weighted by atomic mass is 9.95. The maximum atomic E-state index is 14.2. The number of nitrogens with zero attached hydrogens (tertiary/aromatic N) is 1. The Hall–Kier alpha value is -2.40. The maximum absolute atomic E-state index is 14.2. The van der Waals surface area contributed by atoms with Crippen molar-refractivity contribution in [2.75, 3.05) is 0 Å². The molecule has 0 aliphatic heterocycles. The molecule has 1 saturated carbocycles. The van der Waals surface area contributed by atoms with E-state index in [1.54, 1.807) is 29.2 Å². The first-order valence-corrected chi connectivity index (χ1v) is 11.4. The number of hydrogen-bond donors (Lipinski definition) is 1. The highest BCUT2D eigenvalue weighted by Crippen LogP contribution is 2.22. The van der Waals surface area contributed by atoms with E-state index in [-0.39, 0.29) is 30.8 Å². The Labute approximate surface area is 188 Å². The van der Waals surface area contributed by atoms with Crippen LogP contribution in [0, 0.1) is 5.82 Å². The highest BCUT2D eigenvalue weighted by molar-refractivity contribution is 6.31. The Kier molecular flexibility index (Phi) is 8.47. The molecule has 1 fully saturated rings. The Morgan fingerprint density at radius 1 is 1.06 bits per heavy atom. The Balaban J connectivity index is 1.83. The number of carbonyl (C=O) groups is 2. The third-order valence-electron chi connectivity index (χ3n) is 5.94. The van der Waals surface area contributed by atoms with Crippen LogP contribution in [0.3, 0.4) is 0 Å². The Bertz CT molecular complexity index is 899. The zero-order valence-corrected chi connectivity index (χ0v) is 18.7. The molecular formula is C25H30ClFN2O2. The van der Waals surface area contributed by atoms with E-state index < -0.39 is 11.9 Å². The van der Waals surface area contributed by atoms with Crippen LogP contribution in [0.5, 0.6) is 0 Å². The largest absolute Gasteiger partial charge is 0.352 e. The monoisotopic (exact) mass is 444 g/mol. The molecule has 2 aromatic rings. The van der Waals surface area contributed by atoms with Crippen molar-refractivity contribution >= 4 is 23.4 Å². The van der Waals surface area contributed by atoms with Crippen molar-refractivity contribution in [1.29, 1.82) is 0 Å². The SMILES string of the molecule is CC[C@H](C(=O)NC1CCCCC1)N(Cc1ccccc1Cl)C(=O)Cc1ccccc1F. The Morgan fingerprint density at radius 3 is 2.35 bits per heavy atom.